The molecule has 0 spiro atoms. The molecule has 0 saturated heterocycles. The monoisotopic (exact) mass is 266 g/mol. The molecule has 5 nitrogen and oxygen atoms in total. The fourth-order valence-electron chi connectivity index (χ4n) is 2.02. The van der Waals surface area contributed by atoms with Gasteiger partial charge in [-0.15, -0.1) is 0 Å². The molecule has 3 aromatic rings. The van der Waals surface area contributed by atoms with E-state index in [1.807, 2.05) is 60.7 Å². The lowest BCUT2D eigenvalue weighted by molar-refractivity contribution is 0.627. The molecule has 1 aromatic heterocycles. The standard InChI is InChI=1S/C15H14N4O/c20-15-18(11-13-7-3-1-4-8-13)16-17-19(15)12-14-9-5-2-6-10-14/h1-10H,11-12H2. The molecule has 0 radical (unpaired) electrons. The van der Waals surface area contributed by atoms with Crippen LogP contribution < -0.4 is 5.69 Å². The van der Waals surface area contributed by atoms with Crippen molar-refractivity contribution in [3.05, 3.63) is 82.3 Å². The van der Waals surface area contributed by atoms with Crippen molar-refractivity contribution in [2.75, 3.05) is 0 Å². The van der Waals surface area contributed by atoms with Gasteiger partial charge in [0.15, 0.2) is 0 Å². The first-order valence-corrected chi connectivity index (χ1v) is 6.41. The molecule has 1 heterocycles. The van der Waals surface area contributed by atoms with Gasteiger partial charge < -0.3 is 0 Å². The number of hydrogen-bond donors (Lipinski definition) is 0. The summed E-state index contributed by atoms with van der Waals surface area (Å²) >= 11 is 0. The third-order valence-electron chi connectivity index (χ3n) is 3.05. The first-order valence-electron chi connectivity index (χ1n) is 6.41. The highest BCUT2D eigenvalue weighted by molar-refractivity contribution is 5.15. The molecule has 3 rings (SSSR count). The molecule has 0 aliphatic rings. The zero-order valence-electron chi connectivity index (χ0n) is 10.9. The lowest BCUT2D eigenvalue weighted by Crippen LogP contribution is -2.26. The van der Waals surface area contributed by atoms with Crippen LogP contribution in [0.5, 0.6) is 0 Å². The molecule has 2 aromatic carbocycles. The Morgan fingerprint density at radius 1 is 0.700 bits per heavy atom. The van der Waals surface area contributed by atoms with Crippen molar-refractivity contribution in [1.82, 2.24) is 19.8 Å². The average Bonchev–Trinajstić information content (AvgIpc) is 2.83. The second-order valence-electron chi connectivity index (χ2n) is 4.55. The van der Waals surface area contributed by atoms with Crippen LogP contribution >= 0.6 is 0 Å². The zero-order chi connectivity index (χ0) is 13.8. The van der Waals surface area contributed by atoms with Crippen LogP contribution in [0.4, 0.5) is 0 Å². The Hall–Kier alpha value is -2.69. The summed E-state index contributed by atoms with van der Waals surface area (Å²) in [5.74, 6) is 0. The minimum Gasteiger partial charge on any atom is -0.244 e. The van der Waals surface area contributed by atoms with E-state index in [0.717, 1.165) is 11.1 Å². The first-order chi connectivity index (χ1) is 9.83. The molecule has 0 atom stereocenters. The molecule has 0 unspecified atom stereocenters. The van der Waals surface area contributed by atoms with Gasteiger partial charge in [0.05, 0.1) is 13.1 Å². The molecule has 20 heavy (non-hydrogen) atoms. The molecule has 0 bridgehead atoms. The van der Waals surface area contributed by atoms with Crippen LogP contribution in [0.15, 0.2) is 65.5 Å². The summed E-state index contributed by atoms with van der Waals surface area (Å²) in [5.41, 5.74) is 1.86. The summed E-state index contributed by atoms with van der Waals surface area (Å²) in [4.78, 5) is 12.2. The summed E-state index contributed by atoms with van der Waals surface area (Å²) < 4.78 is 2.75. The van der Waals surface area contributed by atoms with Crippen molar-refractivity contribution in [3.8, 4) is 0 Å². The van der Waals surface area contributed by atoms with Crippen molar-refractivity contribution < 1.29 is 0 Å². The predicted molar refractivity (Wildman–Crippen MR) is 75.4 cm³/mol. The van der Waals surface area contributed by atoms with Gasteiger partial charge in [-0.25, -0.2) is 4.79 Å². The fraction of sp³-hybridized carbons (Fsp3) is 0.133. The number of rotatable bonds is 4. The van der Waals surface area contributed by atoms with Gasteiger partial charge in [0.25, 0.3) is 0 Å². The minimum atomic E-state index is -0.197. The molecule has 0 saturated carbocycles. The van der Waals surface area contributed by atoms with Crippen LogP contribution in [0, 0.1) is 0 Å². The molecule has 5 heteroatoms. The van der Waals surface area contributed by atoms with Crippen molar-refractivity contribution in [3.63, 3.8) is 0 Å². The van der Waals surface area contributed by atoms with Gasteiger partial charge >= 0.3 is 5.69 Å². The van der Waals surface area contributed by atoms with Crippen molar-refractivity contribution >= 4 is 0 Å². The maximum atomic E-state index is 12.2. The third kappa shape index (κ3) is 2.66. The normalized spacial score (nSPS) is 10.6. The van der Waals surface area contributed by atoms with E-state index in [4.69, 9.17) is 0 Å². The van der Waals surface area contributed by atoms with E-state index >= 15 is 0 Å². The van der Waals surface area contributed by atoms with Crippen LogP contribution in [0.1, 0.15) is 11.1 Å². The molecule has 0 N–H and O–H groups in total. The van der Waals surface area contributed by atoms with Gasteiger partial charge in [-0.05, 0) is 21.6 Å². The van der Waals surface area contributed by atoms with E-state index in [0.29, 0.717) is 13.1 Å². The number of benzene rings is 2. The topological polar surface area (TPSA) is 52.7 Å². The highest BCUT2D eigenvalue weighted by Crippen LogP contribution is 2.01. The first kappa shape index (κ1) is 12.3. The van der Waals surface area contributed by atoms with Gasteiger partial charge in [-0.3, -0.25) is 0 Å². The van der Waals surface area contributed by atoms with Gasteiger partial charge in [0.2, 0.25) is 0 Å². The number of nitrogens with zero attached hydrogens (tertiary/aromatic N) is 4. The summed E-state index contributed by atoms with van der Waals surface area (Å²) in [6.07, 6.45) is 0. The molecular weight excluding hydrogens is 252 g/mol. The van der Waals surface area contributed by atoms with E-state index in [1.165, 1.54) is 9.36 Å². The van der Waals surface area contributed by atoms with Crippen LogP contribution in [0.2, 0.25) is 0 Å². The Bertz CT molecular complexity index is 669. The summed E-state index contributed by atoms with van der Waals surface area (Å²) in [6, 6.07) is 19.5. The SMILES string of the molecule is O=c1n(Cc2ccccc2)nnn1Cc1ccccc1. The maximum absolute atomic E-state index is 12.2. The summed E-state index contributed by atoms with van der Waals surface area (Å²) in [6.45, 7) is 0.878. The van der Waals surface area contributed by atoms with Crippen LogP contribution in [0.25, 0.3) is 0 Å². The lowest BCUT2D eigenvalue weighted by atomic mass is 10.2. The van der Waals surface area contributed by atoms with Crippen LogP contribution in [-0.2, 0) is 13.1 Å². The molecular formula is C15H14N4O. The predicted octanol–water partition coefficient (Wildman–Crippen LogP) is 1.54. The van der Waals surface area contributed by atoms with Gasteiger partial charge in [-0.2, -0.15) is 9.36 Å². The van der Waals surface area contributed by atoms with Crippen LogP contribution in [0.3, 0.4) is 0 Å². The molecule has 0 amide bonds. The van der Waals surface area contributed by atoms with Crippen LogP contribution in [-0.4, -0.2) is 19.8 Å². The smallest absolute Gasteiger partial charge is 0.244 e. The quantitative estimate of drug-likeness (QED) is 0.719. The van der Waals surface area contributed by atoms with Crippen molar-refractivity contribution in [2.24, 2.45) is 0 Å². The number of hydrogen-bond acceptors (Lipinski definition) is 3. The Labute approximate surface area is 116 Å². The van der Waals surface area contributed by atoms with E-state index in [9.17, 15) is 4.79 Å². The van der Waals surface area contributed by atoms with Gasteiger partial charge in [-0.1, -0.05) is 60.7 Å². The Morgan fingerprint density at radius 2 is 1.10 bits per heavy atom. The van der Waals surface area contributed by atoms with E-state index in [-0.39, 0.29) is 5.69 Å². The maximum Gasteiger partial charge on any atom is 0.364 e. The van der Waals surface area contributed by atoms with Crippen molar-refractivity contribution in [1.29, 1.82) is 0 Å². The number of aromatic nitrogens is 4. The minimum absolute atomic E-state index is 0.197. The lowest BCUT2D eigenvalue weighted by Gasteiger charge is -1.99. The molecule has 0 aliphatic carbocycles. The second-order valence-corrected chi connectivity index (χ2v) is 4.55. The zero-order valence-corrected chi connectivity index (χ0v) is 10.9. The third-order valence-corrected chi connectivity index (χ3v) is 3.05. The molecule has 100 valence electrons. The second kappa shape index (κ2) is 5.52. The summed E-state index contributed by atoms with van der Waals surface area (Å²) in [5, 5.41) is 7.85. The highest BCUT2D eigenvalue weighted by Gasteiger charge is 2.07. The Balaban J connectivity index is 1.81. The summed E-state index contributed by atoms with van der Waals surface area (Å²) in [7, 11) is 0. The van der Waals surface area contributed by atoms with Gasteiger partial charge in [0, 0.05) is 0 Å². The fourth-order valence-corrected chi connectivity index (χ4v) is 2.02. The Morgan fingerprint density at radius 3 is 1.50 bits per heavy atom. The number of tetrazole rings is 1. The Kier molecular flexibility index (Phi) is 3.41. The molecule has 0 fully saturated rings. The van der Waals surface area contributed by atoms with E-state index in [1.54, 1.807) is 0 Å². The highest BCUT2D eigenvalue weighted by atomic mass is 16.2. The molecule has 0 aliphatic heterocycles. The van der Waals surface area contributed by atoms with Gasteiger partial charge in [0.1, 0.15) is 0 Å². The van der Waals surface area contributed by atoms with E-state index < -0.39 is 0 Å². The largest absolute Gasteiger partial charge is 0.364 e. The van der Waals surface area contributed by atoms with Crippen molar-refractivity contribution in [2.45, 2.75) is 13.1 Å². The van der Waals surface area contributed by atoms with E-state index in [2.05, 4.69) is 10.4 Å². The average molecular weight is 266 g/mol.